The van der Waals surface area contributed by atoms with Gasteiger partial charge in [-0.2, -0.15) is 0 Å². The van der Waals surface area contributed by atoms with Gasteiger partial charge in [0.25, 0.3) is 0 Å². The summed E-state index contributed by atoms with van der Waals surface area (Å²) in [5, 5.41) is 3.48. The molecule has 0 spiro atoms. The Bertz CT molecular complexity index is 850. The largest absolute Gasteiger partial charge is 0.326 e. The molecule has 1 aliphatic rings. The van der Waals surface area contributed by atoms with Crippen LogP contribution in [0.1, 0.15) is 6.42 Å². The lowest BCUT2D eigenvalue weighted by Crippen LogP contribution is -2.23. The third-order valence-electron chi connectivity index (χ3n) is 3.79. The molecule has 4 nitrogen and oxygen atoms in total. The van der Waals surface area contributed by atoms with Crippen LogP contribution in [0.25, 0.3) is 0 Å². The van der Waals surface area contributed by atoms with Crippen LogP contribution >= 0.6 is 23.4 Å². The normalized spacial score (nSPS) is 19.1. The van der Waals surface area contributed by atoms with Crippen LogP contribution in [0.3, 0.4) is 0 Å². The van der Waals surface area contributed by atoms with Crippen LogP contribution in [-0.4, -0.2) is 25.8 Å². The number of amides is 1. The third-order valence-corrected chi connectivity index (χ3v) is 7.08. The second-order valence-electron chi connectivity index (χ2n) is 5.65. The van der Waals surface area contributed by atoms with Crippen LogP contribution in [0.4, 0.5) is 5.69 Å². The summed E-state index contributed by atoms with van der Waals surface area (Å²) in [6, 6.07) is 15.0. The SMILES string of the molecule is O=C(Nc1ccc(Sc2ccccc2Cl)cc1)C1CCS(=O)(=O)C1. The highest BCUT2D eigenvalue weighted by Gasteiger charge is 2.32. The number of hydrogen-bond acceptors (Lipinski definition) is 4. The standard InChI is InChI=1S/C17H16ClNO3S2/c18-15-3-1-2-4-16(15)23-14-7-5-13(6-8-14)19-17(20)12-9-10-24(21,22)11-12/h1-8,12H,9-11H2,(H,19,20). The van der Waals surface area contributed by atoms with Crippen molar-refractivity contribution in [1.82, 2.24) is 0 Å². The van der Waals surface area contributed by atoms with Crippen LogP contribution in [-0.2, 0) is 14.6 Å². The molecule has 1 heterocycles. The maximum atomic E-state index is 12.1. The van der Waals surface area contributed by atoms with E-state index in [2.05, 4.69) is 5.32 Å². The van der Waals surface area contributed by atoms with Gasteiger partial charge < -0.3 is 5.32 Å². The summed E-state index contributed by atoms with van der Waals surface area (Å²) in [4.78, 5) is 14.1. The molecular weight excluding hydrogens is 366 g/mol. The first-order valence-corrected chi connectivity index (χ1v) is 10.5. The summed E-state index contributed by atoms with van der Waals surface area (Å²) in [5.74, 6) is -0.646. The van der Waals surface area contributed by atoms with E-state index < -0.39 is 15.8 Å². The maximum absolute atomic E-state index is 12.1. The summed E-state index contributed by atoms with van der Waals surface area (Å²) in [6.07, 6.45) is 0.397. The quantitative estimate of drug-likeness (QED) is 0.873. The molecule has 0 saturated carbocycles. The number of nitrogens with one attached hydrogen (secondary N) is 1. The van der Waals surface area contributed by atoms with Gasteiger partial charge in [-0.15, -0.1) is 0 Å². The Labute approximate surface area is 150 Å². The molecule has 1 fully saturated rings. The van der Waals surface area contributed by atoms with Crippen LogP contribution < -0.4 is 5.32 Å². The number of carbonyl (C=O) groups is 1. The molecule has 0 radical (unpaired) electrons. The first-order chi connectivity index (χ1) is 11.4. The molecule has 1 atom stereocenters. The van der Waals surface area contributed by atoms with Gasteiger partial charge in [0, 0.05) is 15.5 Å². The Morgan fingerprint density at radius 2 is 1.83 bits per heavy atom. The number of hydrogen-bond donors (Lipinski definition) is 1. The third kappa shape index (κ3) is 4.32. The van der Waals surface area contributed by atoms with Crippen LogP contribution in [0.15, 0.2) is 58.3 Å². The minimum absolute atomic E-state index is 0.0563. The molecule has 1 N–H and O–H groups in total. The van der Waals surface area contributed by atoms with Crippen molar-refractivity contribution in [1.29, 1.82) is 0 Å². The van der Waals surface area contributed by atoms with E-state index in [1.54, 1.807) is 23.9 Å². The van der Waals surface area contributed by atoms with Gasteiger partial charge in [-0.25, -0.2) is 8.42 Å². The zero-order chi connectivity index (χ0) is 17.2. The summed E-state index contributed by atoms with van der Waals surface area (Å²) in [5.41, 5.74) is 0.660. The van der Waals surface area contributed by atoms with E-state index >= 15 is 0 Å². The zero-order valence-electron chi connectivity index (χ0n) is 12.7. The predicted octanol–water partition coefficient (Wildman–Crippen LogP) is 3.86. The lowest BCUT2D eigenvalue weighted by atomic mass is 10.1. The van der Waals surface area contributed by atoms with Gasteiger partial charge in [-0.05, 0) is 42.8 Å². The van der Waals surface area contributed by atoms with Crippen molar-refractivity contribution < 1.29 is 13.2 Å². The van der Waals surface area contributed by atoms with E-state index in [-0.39, 0.29) is 17.4 Å². The molecule has 1 unspecified atom stereocenters. The van der Waals surface area contributed by atoms with Crippen molar-refractivity contribution in [3.05, 3.63) is 53.6 Å². The number of sulfone groups is 1. The average Bonchev–Trinajstić information content (AvgIpc) is 2.92. The van der Waals surface area contributed by atoms with E-state index in [0.29, 0.717) is 17.1 Å². The van der Waals surface area contributed by atoms with Gasteiger partial charge >= 0.3 is 0 Å². The van der Waals surface area contributed by atoms with Crippen molar-refractivity contribution >= 4 is 44.8 Å². The summed E-state index contributed by atoms with van der Waals surface area (Å²) in [7, 11) is -3.05. The van der Waals surface area contributed by atoms with Crippen LogP contribution in [0.5, 0.6) is 0 Å². The number of benzene rings is 2. The van der Waals surface area contributed by atoms with Gasteiger partial charge in [0.15, 0.2) is 9.84 Å². The Hall–Kier alpha value is -1.50. The van der Waals surface area contributed by atoms with E-state index in [4.69, 9.17) is 11.6 Å². The molecule has 1 amide bonds. The van der Waals surface area contributed by atoms with Gasteiger partial charge in [-0.3, -0.25) is 4.79 Å². The molecule has 0 aliphatic carbocycles. The molecule has 1 aliphatic heterocycles. The van der Waals surface area contributed by atoms with Crippen LogP contribution in [0, 0.1) is 5.92 Å². The Morgan fingerprint density at radius 1 is 1.12 bits per heavy atom. The van der Waals surface area contributed by atoms with Crippen LogP contribution in [0.2, 0.25) is 5.02 Å². The number of halogens is 1. The monoisotopic (exact) mass is 381 g/mol. The highest BCUT2D eigenvalue weighted by molar-refractivity contribution is 7.99. The molecule has 0 bridgehead atoms. The van der Waals surface area contributed by atoms with Gasteiger partial charge in [0.2, 0.25) is 5.91 Å². The van der Waals surface area contributed by atoms with Gasteiger partial charge in [-0.1, -0.05) is 35.5 Å². The fraction of sp³-hybridized carbons (Fsp3) is 0.235. The highest BCUT2D eigenvalue weighted by atomic mass is 35.5. The first-order valence-electron chi connectivity index (χ1n) is 7.47. The van der Waals surface area contributed by atoms with Crippen molar-refractivity contribution in [3.8, 4) is 0 Å². The zero-order valence-corrected chi connectivity index (χ0v) is 15.1. The Kier molecular flexibility index (Phi) is 5.18. The van der Waals surface area contributed by atoms with Gasteiger partial charge in [0.05, 0.1) is 22.4 Å². The molecule has 24 heavy (non-hydrogen) atoms. The van der Waals surface area contributed by atoms with Crippen molar-refractivity contribution in [2.24, 2.45) is 5.92 Å². The number of anilines is 1. The maximum Gasteiger partial charge on any atom is 0.228 e. The molecule has 2 aromatic carbocycles. The summed E-state index contributed by atoms with van der Waals surface area (Å²) < 4.78 is 22.9. The van der Waals surface area contributed by atoms with E-state index in [1.165, 1.54) is 0 Å². The fourth-order valence-electron chi connectivity index (χ4n) is 2.51. The Morgan fingerprint density at radius 3 is 2.46 bits per heavy atom. The molecule has 2 aromatic rings. The number of carbonyl (C=O) groups excluding carboxylic acids is 1. The summed E-state index contributed by atoms with van der Waals surface area (Å²) >= 11 is 7.69. The van der Waals surface area contributed by atoms with E-state index in [9.17, 15) is 13.2 Å². The highest BCUT2D eigenvalue weighted by Crippen LogP contribution is 2.33. The minimum atomic E-state index is -3.05. The first kappa shape index (κ1) is 17.3. The van der Waals surface area contributed by atoms with E-state index in [0.717, 1.165) is 9.79 Å². The molecule has 0 aromatic heterocycles. The topological polar surface area (TPSA) is 63.2 Å². The molecule has 126 valence electrons. The predicted molar refractivity (Wildman–Crippen MR) is 97.4 cm³/mol. The van der Waals surface area contributed by atoms with Gasteiger partial charge in [0.1, 0.15) is 0 Å². The van der Waals surface area contributed by atoms with Crippen molar-refractivity contribution in [2.45, 2.75) is 16.2 Å². The minimum Gasteiger partial charge on any atom is -0.326 e. The molecule has 1 saturated heterocycles. The summed E-state index contributed by atoms with van der Waals surface area (Å²) in [6.45, 7) is 0. The van der Waals surface area contributed by atoms with Crippen molar-refractivity contribution in [3.63, 3.8) is 0 Å². The van der Waals surface area contributed by atoms with Crippen molar-refractivity contribution in [2.75, 3.05) is 16.8 Å². The lowest BCUT2D eigenvalue weighted by Gasteiger charge is -2.10. The molecule has 3 rings (SSSR count). The lowest BCUT2D eigenvalue weighted by molar-refractivity contribution is -0.119. The number of rotatable bonds is 4. The van der Waals surface area contributed by atoms with E-state index in [1.807, 2.05) is 36.4 Å². The smallest absolute Gasteiger partial charge is 0.228 e. The molecule has 7 heteroatoms. The fourth-order valence-corrected chi connectivity index (χ4v) is 5.34. The second kappa shape index (κ2) is 7.17. The average molecular weight is 382 g/mol. The Balaban J connectivity index is 1.63. The molecular formula is C17H16ClNO3S2. The second-order valence-corrected chi connectivity index (χ2v) is 9.40.